The normalized spacial score (nSPS) is 28.5. The van der Waals surface area contributed by atoms with Gasteiger partial charge in [-0.3, -0.25) is 4.79 Å². The zero-order valence-corrected chi connectivity index (χ0v) is 9.41. The minimum absolute atomic E-state index is 0.0807. The number of carbonyl (C=O) groups excluding carboxylic acids is 1. The molecule has 1 rings (SSSR count). The highest BCUT2D eigenvalue weighted by molar-refractivity contribution is 5.81. The van der Waals surface area contributed by atoms with Crippen LogP contribution >= 0.6 is 0 Å². The molecule has 0 bridgehead atoms. The van der Waals surface area contributed by atoms with Crippen molar-refractivity contribution in [3.8, 4) is 0 Å². The van der Waals surface area contributed by atoms with E-state index in [0.29, 0.717) is 6.42 Å². The Morgan fingerprint density at radius 2 is 2.20 bits per heavy atom. The maximum atomic E-state index is 11.6. The van der Waals surface area contributed by atoms with Crippen molar-refractivity contribution in [3.05, 3.63) is 0 Å². The number of nitrogens with two attached hydrogens (primary N) is 1. The smallest absolute Gasteiger partial charge is 0.237 e. The first kappa shape index (κ1) is 12.5. The van der Waals surface area contributed by atoms with Gasteiger partial charge in [0.05, 0.1) is 6.04 Å². The molecule has 0 aromatic carbocycles. The van der Waals surface area contributed by atoms with E-state index in [-0.39, 0.29) is 24.5 Å². The van der Waals surface area contributed by atoms with Crippen LogP contribution in [0.25, 0.3) is 0 Å². The van der Waals surface area contributed by atoms with Crippen LogP contribution in [0, 0.1) is 5.92 Å². The summed E-state index contributed by atoms with van der Waals surface area (Å²) in [5.74, 6) is 0.134. The summed E-state index contributed by atoms with van der Waals surface area (Å²) in [5, 5.41) is 12.1. The van der Waals surface area contributed by atoms with Gasteiger partial charge in [-0.05, 0) is 19.3 Å². The van der Waals surface area contributed by atoms with Crippen LogP contribution in [-0.4, -0.2) is 29.7 Å². The zero-order chi connectivity index (χ0) is 11.3. The molecule has 4 nitrogen and oxygen atoms in total. The standard InChI is InChI=1S/C11H22N2O2/c1-2-9(12)11(15)13-10-6-4-3-5-8(10)7-14/h8-10,14H,2-7,12H2,1H3,(H,13,15)/t8?,9-,10?/m1/s1. The molecule has 0 heterocycles. The molecule has 4 N–H and O–H groups in total. The van der Waals surface area contributed by atoms with Crippen molar-refractivity contribution in [2.75, 3.05) is 6.61 Å². The molecule has 1 saturated carbocycles. The Morgan fingerprint density at radius 1 is 1.53 bits per heavy atom. The molecule has 0 radical (unpaired) electrons. The van der Waals surface area contributed by atoms with Gasteiger partial charge in [0.2, 0.25) is 5.91 Å². The Morgan fingerprint density at radius 3 is 2.80 bits per heavy atom. The van der Waals surface area contributed by atoms with Gasteiger partial charge in [0, 0.05) is 18.6 Å². The van der Waals surface area contributed by atoms with E-state index in [1.54, 1.807) is 0 Å². The number of amides is 1. The van der Waals surface area contributed by atoms with Crippen LogP contribution in [0.5, 0.6) is 0 Å². The van der Waals surface area contributed by atoms with Crippen LogP contribution in [0.1, 0.15) is 39.0 Å². The summed E-state index contributed by atoms with van der Waals surface area (Å²) >= 11 is 0. The van der Waals surface area contributed by atoms with Crippen LogP contribution in [0.2, 0.25) is 0 Å². The van der Waals surface area contributed by atoms with Gasteiger partial charge in [-0.25, -0.2) is 0 Å². The van der Waals surface area contributed by atoms with E-state index in [4.69, 9.17) is 5.73 Å². The summed E-state index contributed by atoms with van der Waals surface area (Å²) in [7, 11) is 0. The number of aliphatic hydroxyl groups excluding tert-OH is 1. The molecular formula is C11H22N2O2. The quantitative estimate of drug-likeness (QED) is 0.633. The summed E-state index contributed by atoms with van der Waals surface area (Å²) in [5.41, 5.74) is 5.65. The third kappa shape index (κ3) is 3.47. The Balaban J connectivity index is 2.44. The van der Waals surface area contributed by atoms with Crippen molar-refractivity contribution < 1.29 is 9.90 Å². The van der Waals surface area contributed by atoms with E-state index in [2.05, 4.69) is 5.32 Å². The highest BCUT2D eigenvalue weighted by Crippen LogP contribution is 2.23. The molecule has 0 aromatic heterocycles. The summed E-state index contributed by atoms with van der Waals surface area (Å²) < 4.78 is 0. The first-order valence-electron chi connectivity index (χ1n) is 5.85. The minimum Gasteiger partial charge on any atom is -0.396 e. The van der Waals surface area contributed by atoms with Gasteiger partial charge >= 0.3 is 0 Å². The van der Waals surface area contributed by atoms with Gasteiger partial charge in [0.15, 0.2) is 0 Å². The lowest BCUT2D eigenvalue weighted by Crippen LogP contribution is -2.49. The van der Waals surface area contributed by atoms with Crippen molar-refractivity contribution in [1.29, 1.82) is 0 Å². The lowest BCUT2D eigenvalue weighted by atomic mass is 9.85. The van der Waals surface area contributed by atoms with Crippen LogP contribution in [-0.2, 0) is 4.79 Å². The van der Waals surface area contributed by atoms with Crippen molar-refractivity contribution in [1.82, 2.24) is 5.32 Å². The summed E-state index contributed by atoms with van der Waals surface area (Å²) in [6, 6.07) is -0.292. The van der Waals surface area contributed by atoms with E-state index < -0.39 is 6.04 Å². The first-order chi connectivity index (χ1) is 7.19. The van der Waals surface area contributed by atoms with Crippen molar-refractivity contribution >= 4 is 5.91 Å². The fourth-order valence-electron chi connectivity index (χ4n) is 2.09. The number of aliphatic hydroxyl groups is 1. The molecule has 0 aliphatic heterocycles. The van der Waals surface area contributed by atoms with Crippen LogP contribution in [0.4, 0.5) is 0 Å². The third-order valence-corrected chi connectivity index (χ3v) is 3.25. The Bertz CT molecular complexity index is 209. The maximum Gasteiger partial charge on any atom is 0.237 e. The summed E-state index contributed by atoms with van der Waals surface area (Å²) in [6.07, 6.45) is 4.90. The number of rotatable bonds is 4. The van der Waals surface area contributed by atoms with Gasteiger partial charge in [0.25, 0.3) is 0 Å². The predicted molar refractivity (Wildman–Crippen MR) is 59.2 cm³/mol. The van der Waals surface area contributed by atoms with Crippen molar-refractivity contribution in [2.45, 2.75) is 51.1 Å². The average molecular weight is 214 g/mol. The Hall–Kier alpha value is -0.610. The number of carbonyl (C=O) groups is 1. The third-order valence-electron chi connectivity index (χ3n) is 3.25. The van der Waals surface area contributed by atoms with E-state index in [1.807, 2.05) is 6.92 Å². The van der Waals surface area contributed by atoms with Crippen molar-refractivity contribution in [2.24, 2.45) is 11.7 Å². The van der Waals surface area contributed by atoms with E-state index >= 15 is 0 Å². The van der Waals surface area contributed by atoms with Gasteiger partial charge in [-0.1, -0.05) is 19.8 Å². The molecule has 88 valence electrons. The second kappa shape index (κ2) is 6.08. The minimum atomic E-state index is -0.411. The molecule has 1 aliphatic carbocycles. The average Bonchev–Trinajstić information content (AvgIpc) is 2.28. The Kier molecular flexibility index (Phi) is 5.05. The van der Waals surface area contributed by atoms with Gasteiger partial charge in [0.1, 0.15) is 0 Å². The first-order valence-corrected chi connectivity index (χ1v) is 5.85. The number of hydrogen-bond donors (Lipinski definition) is 3. The molecule has 0 aromatic rings. The molecule has 1 aliphatic rings. The fourth-order valence-corrected chi connectivity index (χ4v) is 2.09. The molecule has 1 amide bonds. The van der Waals surface area contributed by atoms with E-state index in [9.17, 15) is 9.90 Å². The van der Waals surface area contributed by atoms with E-state index in [0.717, 1.165) is 25.7 Å². The predicted octanol–water partition coefficient (Wildman–Crippen LogP) is 0.391. The van der Waals surface area contributed by atoms with Gasteiger partial charge in [-0.2, -0.15) is 0 Å². The molecular weight excluding hydrogens is 192 g/mol. The lowest BCUT2D eigenvalue weighted by Gasteiger charge is -2.31. The molecule has 1 fully saturated rings. The summed E-state index contributed by atoms with van der Waals surface area (Å²) in [4.78, 5) is 11.6. The molecule has 0 saturated heterocycles. The second-order valence-electron chi connectivity index (χ2n) is 4.36. The van der Waals surface area contributed by atoms with Gasteiger partial charge in [-0.15, -0.1) is 0 Å². The van der Waals surface area contributed by atoms with E-state index in [1.165, 1.54) is 0 Å². The maximum absolute atomic E-state index is 11.6. The molecule has 2 unspecified atom stereocenters. The monoisotopic (exact) mass is 214 g/mol. The number of hydrogen-bond acceptors (Lipinski definition) is 3. The molecule has 4 heteroatoms. The highest BCUT2D eigenvalue weighted by atomic mass is 16.3. The molecule has 0 spiro atoms. The van der Waals surface area contributed by atoms with Crippen LogP contribution in [0.3, 0.4) is 0 Å². The topological polar surface area (TPSA) is 75.4 Å². The summed E-state index contributed by atoms with van der Waals surface area (Å²) in [6.45, 7) is 2.06. The van der Waals surface area contributed by atoms with Gasteiger partial charge < -0.3 is 16.2 Å². The largest absolute Gasteiger partial charge is 0.396 e. The SMILES string of the molecule is CC[C@@H](N)C(=O)NC1CCCCC1CO. The second-order valence-corrected chi connectivity index (χ2v) is 4.36. The Labute approximate surface area is 91.2 Å². The number of nitrogens with one attached hydrogen (secondary N) is 1. The molecule has 15 heavy (non-hydrogen) atoms. The van der Waals surface area contributed by atoms with Crippen molar-refractivity contribution in [3.63, 3.8) is 0 Å². The highest BCUT2D eigenvalue weighted by Gasteiger charge is 2.26. The van der Waals surface area contributed by atoms with Crippen LogP contribution < -0.4 is 11.1 Å². The van der Waals surface area contributed by atoms with Crippen LogP contribution in [0.15, 0.2) is 0 Å². The molecule has 3 atom stereocenters. The lowest BCUT2D eigenvalue weighted by molar-refractivity contribution is -0.123. The zero-order valence-electron chi connectivity index (χ0n) is 9.41. The fraction of sp³-hybridized carbons (Fsp3) is 0.909.